The predicted octanol–water partition coefficient (Wildman–Crippen LogP) is 3.52. The lowest BCUT2D eigenvalue weighted by molar-refractivity contribution is 0.0950. The fraction of sp³-hybridized carbons (Fsp3) is 0.188. The van der Waals surface area contributed by atoms with Crippen LogP contribution in [0.5, 0.6) is 5.75 Å². The van der Waals surface area contributed by atoms with Crippen LogP contribution in [0.1, 0.15) is 22.0 Å². The molecule has 2 rings (SSSR count). The Morgan fingerprint density at radius 1 is 0.955 bits per heavy atom. The molecule has 0 N–H and O–H groups in total. The zero-order valence-corrected chi connectivity index (χ0v) is 11.9. The molecule has 0 aromatic heterocycles. The summed E-state index contributed by atoms with van der Waals surface area (Å²) in [7, 11) is 1.51. The third-order valence-electron chi connectivity index (χ3n) is 3.31. The van der Waals surface area contributed by atoms with Gasteiger partial charge in [-0.15, -0.1) is 4.91 Å². The molecule has 0 saturated carbocycles. The van der Waals surface area contributed by atoms with Crippen molar-refractivity contribution in [1.29, 1.82) is 0 Å². The number of hydrogen-bond acceptors (Lipinski definition) is 6. The van der Waals surface area contributed by atoms with Crippen LogP contribution in [-0.2, 0) is 0 Å². The summed E-state index contributed by atoms with van der Waals surface area (Å²) in [6.45, 7) is 0. The summed E-state index contributed by atoms with van der Waals surface area (Å²) in [5, 5.41) is 5.76. The number of methoxy groups -OCH3 is 1. The van der Waals surface area contributed by atoms with E-state index in [1.54, 1.807) is 54.6 Å². The molecule has 0 aliphatic carbocycles. The second kappa shape index (κ2) is 7.21. The summed E-state index contributed by atoms with van der Waals surface area (Å²) in [6.07, 6.45) is 0. The number of carbonyl (C=O) groups excluding carboxylic acids is 1. The van der Waals surface area contributed by atoms with Crippen LogP contribution in [-0.4, -0.2) is 18.9 Å². The van der Waals surface area contributed by atoms with Gasteiger partial charge in [0.25, 0.3) is 0 Å². The molecule has 2 aromatic rings. The van der Waals surface area contributed by atoms with Gasteiger partial charge in [0.2, 0.25) is 0 Å². The Bertz CT molecular complexity index is 656. The van der Waals surface area contributed by atoms with Gasteiger partial charge in [0.05, 0.1) is 7.11 Å². The first-order chi connectivity index (χ1) is 10.7. The molecule has 0 amide bonds. The van der Waals surface area contributed by atoms with Crippen molar-refractivity contribution in [2.45, 2.75) is 12.1 Å². The molecule has 22 heavy (non-hydrogen) atoms. The smallest absolute Gasteiger partial charge is 0.193 e. The number of benzene rings is 2. The zero-order valence-electron chi connectivity index (χ0n) is 11.9. The molecule has 0 fully saturated rings. The highest BCUT2D eigenvalue weighted by Gasteiger charge is 2.32. The molecular formula is C16H14N2O4. The summed E-state index contributed by atoms with van der Waals surface area (Å²) >= 11 is 0. The summed E-state index contributed by atoms with van der Waals surface area (Å²) < 4.78 is 5.03. The fourth-order valence-corrected chi connectivity index (χ4v) is 2.12. The minimum atomic E-state index is -1.40. The van der Waals surface area contributed by atoms with Crippen molar-refractivity contribution >= 4 is 5.78 Å². The maximum Gasteiger partial charge on any atom is 0.193 e. The van der Waals surface area contributed by atoms with E-state index in [1.807, 2.05) is 0 Å². The number of nitroso groups, excluding NO2 is 2. The first kappa shape index (κ1) is 15.5. The number of Topliss-reactive ketones (excluding diaryl/α,β-unsaturated/α-hetero) is 1. The summed E-state index contributed by atoms with van der Waals surface area (Å²) in [6, 6.07) is 12.1. The van der Waals surface area contributed by atoms with Crippen molar-refractivity contribution in [2.75, 3.05) is 7.11 Å². The van der Waals surface area contributed by atoms with Gasteiger partial charge in [0.15, 0.2) is 17.9 Å². The first-order valence-electron chi connectivity index (χ1n) is 6.59. The van der Waals surface area contributed by atoms with E-state index < -0.39 is 17.9 Å². The van der Waals surface area contributed by atoms with E-state index in [1.165, 1.54) is 7.11 Å². The molecule has 6 nitrogen and oxygen atoms in total. The van der Waals surface area contributed by atoms with E-state index in [0.29, 0.717) is 16.9 Å². The molecule has 6 heteroatoms. The Balaban J connectivity index is 2.32. The van der Waals surface area contributed by atoms with Crippen LogP contribution in [0.15, 0.2) is 65.0 Å². The van der Waals surface area contributed by atoms with Crippen molar-refractivity contribution in [3.8, 4) is 5.75 Å². The normalized spacial score (nSPS) is 13.0. The molecule has 0 bridgehead atoms. The Labute approximate surface area is 127 Å². The van der Waals surface area contributed by atoms with Gasteiger partial charge < -0.3 is 4.74 Å². The Morgan fingerprint density at radius 2 is 1.59 bits per heavy atom. The van der Waals surface area contributed by atoms with Crippen LogP contribution in [0.25, 0.3) is 0 Å². The number of ether oxygens (including phenoxy) is 1. The largest absolute Gasteiger partial charge is 0.497 e. The van der Waals surface area contributed by atoms with Gasteiger partial charge in [-0.25, -0.2) is 0 Å². The van der Waals surface area contributed by atoms with E-state index in [4.69, 9.17) is 4.74 Å². The molecular weight excluding hydrogens is 284 g/mol. The van der Waals surface area contributed by atoms with Crippen LogP contribution in [0, 0.1) is 9.81 Å². The van der Waals surface area contributed by atoms with Crippen molar-refractivity contribution in [3.63, 3.8) is 0 Å². The van der Waals surface area contributed by atoms with E-state index in [-0.39, 0.29) is 0 Å². The van der Waals surface area contributed by atoms with Crippen molar-refractivity contribution in [3.05, 3.63) is 75.5 Å². The topological polar surface area (TPSA) is 85.2 Å². The van der Waals surface area contributed by atoms with Crippen molar-refractivity contribution < 1.29 is 9.53 Å². The number of rotatable bonds is 7. The third-order valence-corrected chi connectivity index (χ3v) is 3.31. The molecule has 2 unspecified atom stereocenters. The standard InChI is InChI=1S/C16H14N2O4/c1-22-13-9-7-11(8-10-13)14(17-20)15(18-21)16(19)12-5-3-2-4-6-12/h2-10,14-15H,1H3. The van der Waals surface area contributed by atoms with Crippen LogP contribution >= 0.6 is 0 Å². The Morgan fingerprint density at radius 3 is 2.09 bits per heavy atom. The molecule has 0 aliphatic rings. The lowest BCUT2D eigenvalue weighted by Crippen LogP contribution is -2.25. The number of nitrogens with zero attached hydrogens (tertiary/aromatic N) is 2. The molecule has 2 atom stereocenters. The molecule has 0 aliphatic heterocycles. The van der Waals surface area contributed by atoms with Crippen LogP contribution in [0.2, 0.25) is 0 Å². The minimum Gasteiger partial charge on any atom is -0.497 e. The van der Waals surface area contributed by atoms with Crippen LogP contribution in [0.3, 0.4) is 0 Å². The number of carbonyl (C=O) groups is 1. The zero-order chi connectivity index (χ0) is 15.9. The maximum atomic E-state index is 12.4. The minimum absolute atomic E-state index is 0.314. The van der Waals surface area contributed by atoms with Gasteiger partial charge in [-0.2, -0.15) is 4.91 Å². The quantitative estimate of drug-likeness (QED) is 0.578. The highest BCUT2D eigenvalue weighted by molar-refractivity contribution is 6.00. The second-order valence-electron chi connectivity index (χ2n) is 4.60. The van der Waals surface area contributed by atoms with E-state index >= 15 is 0 Å². The van der Waals surface area contributed by atoms with Gasteiger partial charge in [0.1, 0.15) is 5.75 Å². The molecule has 0 saturated heterocycles. The van der Waals surface area contributed by atoms with Crippen LogP contribution in [0.4, 0.5) is 0 Å². The fourth-order valence-electron chi connectivity index (χ4n) is 2.12. The van der Waals surface area contributed by atoms with Crippen molar-refractivity contribution in [2.24, 2.45) is 10.4 Å². The predicted molar refractivity (Wildman–Crippen MR) is 81.9 cm³/mol. The van der Waals surface area contributed by atoms with Gasteiger partial charge in [0, 0.05) is 5.56 Å². The molecule has 0 radical (unpaired) electrons. The molecule has 2 aromatic carbocycles. The third kappa shape index (κ3) is 3.22. The van der Waals surface area contributed by atoms with Gasteiger partial charge in [-0.05, 0) is 17.7 Å². The Hall–Kier alpha value is -2.89. The first-order valence-corrected chi connectivity index (χ1v) is 6.59. The highest BCUT2D eigenvalue weighted by Crippen LogP contribution is 2.27. The number of hydrogen-bond donors (Lipinski definition) is 0. The number of ketones is 1. The summed E-state index contributed by atoms with van der Waals surface area (Å²) in [4.78, 5) is 34.6. The van der Waals surface area contributed by atoms with Crippen molar-refractivity contribution in [1.82, 2.24) is 0 Å². The lowest BCUT2D eigenvalue weighted by Gasteiger charge is -2.15. The SMILES string of the molecule is COc1ccc(C(N=O)C(N=O)C(=O)c2ccccc2)cc1. The van der Waals surface area contributed by atoms with Gasteiger partial charge in [-0.1, -0.05) is 52.8 Å². The summed E-state index contributed by atoms with van der Waals surface area (Å²) in [5.41, 5.74) is 0.749. The van der Waals surface area contributed by atoms with Crippen LogP contribution < -0.4 is 4.74 Å². The van der Waals surface area contributed by atoms with E-state index in [0.717, 1.165) is 0 Å². The lowest BCUT2D eigenvalue weighted by atomic mass is 9.94. The van der Waals surface area contributed by atoms with E-state index in [2.05, 4.69) is 10.4 Å². The Kier molecular flexibility index (Phi) is 5.08. The average Bonchev–Trinajstić information content (AvgIpc) is 2.60. The van der Waals surface area contributed by atoms with Gasteiger partial charge >= 0.3 is 0 Å². The monoisotopic (exact) mass is 298 g/mol. The average molecular weight is 298 g/mol. The second-order valence-corrected chi connectivity index (χ2v) is 4.60. The summed E-state index contributed by atoms with van der Waals surface area (Å²) in [5.74, 6) is 0.0643. The molecule has 0 spiro atoms. The maximum absolute atomic E-state index is 12.4. The molecule has 112 valence electrons. The van der Waals surface area contributed by atoms with E-state index in [9.17, 15) is 14.6 Å². The highest BCUT2D eigenvalue weighted by atomic mass is 16.5. The van der Waals surface area contributed by atoms with Gasteiger partial charge in [-0.3, -0.25) is 4.79 Å². The molecule has 0 heterocycles.